The van der Waals surface area contributed by atoms with Gasteiger partial charge in [0.25, 0.3) is 0 Å². The van der Waals surface area contributed by atoms with Crippen molar-refractivity contribution in [2.45, 2.75) is 38.7 Å². The first-order chi connectivity index (χ1) is 8.09. The van der Waals surface area contributed by atoms with Crippen molar-refractivity contribution in [3.05, 3.63) is 30.1 Å². The Kier molecular flexibility index (Phi) is 5.59. The third kappa shape index (κ3) is 4.84. The van der Waals surface area contributed by atoms with Crippen LogP contribution in [0.4, 0.5) is 0 Å². The van der Waals surface area contributed by atoms with Gasteiger partial charge in [0.05, 0.1) is 5.60 Å². The van der Waals surface area contributed by atoms with Crippen LogP contribution in [0.15, 0.2) is 24.4 Å². The fourth-order valence-electron chi connectivity index (χ4n) is 1.91. The molecule has 0 amide bonds. The second kappa shape index (κ2) is 6.72. The van der Waals surface area contributed by atoms with Gasteiger partial charge in [0.1, 0.15) is 0 Å². The van der Waals surface area contributed by atoms with Crippen LogP contribution in [0.1, 0.15) is 32.4 Å². The second-order valence-corrected chi connectivity index (χ2v) is 4.74. The zero-order valence-corrected chi connectivity index (χ0v) is 11.2. The number of nitrogens with zero attached hydrogens (tertiary/aromatic N) is 2. The Morgan fingerprint density at radius 1 is 1.29 bits per heavy atom. The molecule has 0 aliphatic rings. The molecule has 1 aromatic heterocycles. The highest BCUT2D eigenvalue weighted by Gasteiger charge is 2.23. The van der Waals surface area contributed by atoms with Crippen LogP contribution < -0.4 is 0 Å². The Morgan fingerprint density at radius 3 is 2.53 bits per heavy atom. The highest BCUT2D eigenvalue weighted by Crippen LogP contribution is 2.15. The molecule has 0 fully saturated rings. The highest BCUT2D eigenvalue weighted by atomic mass is 16.3. The quantitative estimate of drug-likeness (QED) is 0.787. The molecule has 17 heavy (non-hydrogen) atoms. The monoisotopic (exact) mass is 236 g/mol. The lowest BCUT2D eigenvalue weighted by Gasteiger charge is -2.30. The molecular formula is C14H24N2O. The van der Waals surface area contributed by atoms with Crippen LogP contribution in [-0.4, -0.2) is 40.7 Å². The number of hydrogen-bond donors (Lipinski definition) is 1. The summed E-state index contributed by atoms with van der Waals surface area (Å²) < 4.78 is 0. The van der Waals surface area contributed by atoms with E-state index in [1.807, 2.05) is 38.2 Å². The molecule has 0 bridgehead atoms. The van der Waals surface area contributed by atoms with Gasteiger partial charge in [0.2, 0.25) is 0 Å². The molecule has 0 aliphatic heterocycles. The molecule has 0 aliphatic carbocycles. The van der Waals surface area contributed by atoms with Crippen LogP contribution in [0.2, 0.25) is 0 Å². The van der Waals surface area contributed by atoms with Crippen molar-refractivity contribution < 1.29 is 5.11 Å². The molecule has 1 N–H and O–H groups in total. The molecule has 0 saturated carbocycles. The summed E-state index contributed by atoms with van der Waals surface area (Å²) in [4.78, 5) is 6.48. The number of aliphatic hydroxyl groups is 1. The van der Waals surface area contributed by atoms with Crippen molar-refractivity contribution in [1.82, 2.24) is 9.88 Å². The first kappa shape index (κ1) is 14.1. The Labute approximate surface area is 104 Å². The van der Waals surface area contributed by atoms with Crippen LogP contribution in [0.3, 0.4) is 0 Å². The molecule has 0 aromatic carbocycles. The maximum atomic E-state index is 10.2. The number of hydrogen-bond acceptors (Lipinski definition) is 3. The molecule has 3 heteroatoms. The number of likely N-dealkylation sites (N-methyl/N-ethyl adjacent to an activating group) is 1. The lowest BCUT2D eigenvalue weighted by molar-refractivity contribution is 0.00330. The van der Waals surface area contributed by atoms with E-state index >= 15 is 0 Å². The lowest BCUT2D eigenvalue weighted by atomic mass is 9.97. The fraction of sp³-hybridized carbons (Fsp3) is 0.643. The van der Waals surface area contributed by atoms with Gasteiger partial charge in [-0.1, -0.05) is 19.9 Å². The van der Waals surface area contributed by atoms with Gasteiger partial charge in [0.15, 0.2) is 0 Å². The minimum Gasteiger partial charge on any atom is -0.389 e. The SMILES string of the molecule is CCC(O)(CC)CN(C)CCc1ccccn1. The van der Waals surface area contributed by atoms with Gasteiger partial charge in [-0.3, -0.25) is 4.98 Å². The van der Waals surface area contributed by atoms with Gasteiger partial charge in [-0.25, -0.2) is 0 Å². The maximum Gasteiger partial charge on any atom is 0.0768 e. The van der Waals surface area contributed by atoms with Crippen molar-refractivity contribution in [1.29, 1.82) is 0 Å². The van der Waals surface area contributed by atoms with Crippen molar-refractivity contribution in [2.75, 3.05) is 20.1 Å². The van der Waals surface area contributed by atoms with Crippen LogP contribution in [0, 0.1) is 0 Å². The Hall–Kier alpha value is -0.930. The Balaban J connectivity index is 2.37. The van der Waals surface area contributed by atoms with Gasteiger partial charge in [-0.2, -0.15) is 0 Å². The molecule has 0 unspecified atom stereocenters. The van der Waals surface area contributed by atoms with E-state index in [1.54, 1.807) is 0 Å². The van der Waals surface area contributed by atoms with E-state index in [1.165, 1.54) is 0 Å². The molecular weight excluding hydrogens is 212 g/mol. The summed E-state index contributed by atoms with van der Waals surface area (Å²) in [7, 11) is 2.05. The molecule has 0 saturated heterocycles. The van der Waals surface area contributed by atoms with Crippen LogP contribution in [0.5, 0.6) is 0 Å². The minimum atomic E-state index is -0.543. The molecule has 96 valence electrons. The van der Waals surface area contributed by atoms with Crippen LogP contribution in [0.25, 0.3) is 0 Å². The highest BCUT2D eigenvalue weighted by molar-refractivity contribution is 5.03. The van der Waals surface area contributed by atoms with Crippen molar-refractivity contribution >= 4 is 0 Å². The topological polar surface area (TPSA) is 36.4 Å². The third-order valence-electron chi connectivity index (χ3n) is 3.36. The van der Waals surface area contributed by atoms with Gasteiger partial charge >= 0.3 is 0 Å². The first-order valence-corrected chi connectivity index (χ1v) is 6.40. The zero-order valence-electron chi connectivity index (χ0n) is 11.2. The van der Waals surface area contributed by atoms with Crippen LogP contribution in [-0.2, 0) is 6.42 Å². The summed E-state index contributed by atoms with van der Waals surface area (Å²) in [6.45, 7) is 5.73. The van der Waals surface area contributed by atoms with Crippen molar-refractivity contribution in [2.24, 2.45) is 0 Å². The third-order valence-corrected chi connectivity index (χ3v) is 3.36. The van der Waals surface area contributed by atoms with Crippen LogP contribution >= 0.6 is 0 Å². The average Bonchev–Trinajstić information content (AvgIpc) is 2.37. The van der Waals surface area contributed by atoms with Gasteiger partial charge < -0.3 is 10.0 Å². The number of pyridine rings is 1. The summed E-state index contributed by atoms with van der Waals surface area (Å²) in [5, 5.41) is 10.2. The van der Waals surface area contributed by atoms with Gasteiger partial charge in [-0.05, 0) is 32.0 Å². The zero-order chi connectivity index (χ0) is 12.7. The molecule has 0 radical (unpaired) electrons. The normalized spacial score (nSPS) is 12.1. The van der Waals surface area contributed by atoms with E-state index in [0.29, 0.717) is 0 Å². The summed E-state index contributed by atoms with van der Waals surface area (Å²) in [5.74, 6) is 0. The van der Waals surface area contributed by atoms with E-state index in [4.69, 9.17) is 0 Å². The fourth-order valence-corrected chi connectivity index (χ4v) is 1.91. The summed E-state index contributed by atoms with van der Waals surface area (Å²) in [5.41, 5.74) is 0.565. The predicted octanol–water partition coefficient (Wildman–Crippen LogP) is 2.11. The Bertz CT molecular complexity index is 309. The van der Waals surface area contributed by atoms with E-state index in [9.17, 15) is 5.11 Å². The lowest BCUT2D eigenvalue weighted by Crippen LogP contribution is -2.41. The first-order valence-electron chi connectivity index (χ1n) is 6.40. The maximum absolute atomic E-state index is 10.2. The largest absolute Gasteiger partial charge is 0.389 e. The molecule has 3 nitrogen and oxygen atoms in total. The van der Waals surface area contributed by atoms with Gasteiger partial charge in [0, 0.05) is 31.4 Å². The molecule has 0 spiro atoms. The second-order valence-electron chi connectivity index (χ2n) is 4.74. The standard InChI is InChI=1S/C14H24N2O/c1-4-14(17,5-2)12-16(3)11-9-13-8-6-7-10-15-13/h6-8,10,17H,4-5,9,11-12H2,1-3H3. The number of aromatic nitrogens is 1. The summed E-state index contributed by atoms with van der Waals surface area (Å²) in [6.07, 6.45) is 4.36. The summed E-state index contributed by atoms with van der Waals surface area (Å²) in [6, 6.07) is 5.98. The van der Waals surface area contributed by atoms with E-state index in [-0.39, 0.29) is 0 Å². The van der Waals surface area contributed by atoms with Crippen molar-refractivity contribution in [3.63, 3.8) is 0 Å². The molecule has 1 rings (SSSR count). The average molecular weight is 236 g/mol. The predicted molar refractivity (Wildman–Crippen MR) is 71.0 cm³/mol. The number of rotatable bonds is 7. The van der Waals surface area contributed by atoms with E-state index in [2.05, 4.69) is 16.9 Å². The molecule has 1 aromatic rings. The van der Waals surface area contributed by atoms with Gasteiger partial charge in [-0.15, -0.1) is 0 Å². The smallest absolute Gasteiger partial charge is 0.0768 e. The minimum absolute atomic E-state index is 0.543. The van der Waals surface area contributed by atoms with E-state index < -0.39 is 5.60 Å². The Morgan fingerprint density at radius 2 is 2.00 bits per heavy atom. The molecule has 0 atom stereocenters. The molecule has 1 heterocycles. The van der Waals surface area contributed by atoms with E-state index in [0.717, 1.165) is 38.0 Å². The van der Waals surface area contributed by atoms with Crippen molar-refractivity contribution in [3.8, 4) is 0 Å². The summed E-state index contributed by atoms with van der Waals surface area (Å²) >= 11 is 0.